The summed E-state index contributed by atoms with van der Waals surface area (Å²) in [6.07, 6.45) is 8.39. The van der Waals surface area contributed by atoms with Crippen molar-refractivity contribution in [3.05, 3.63) is 0 Å². The molecular weight excluding hydrogens is 238 g/mol. The van der Waals surface area contributed by atoms with Crippen LogP contribution < -0.4 is 5.32 Å². The Morgan fingerprint density at radius 3 is 2.42 bits per heavy atom. The van der Waals surface area contributed by atoms with E-state index in [2.05, 4.69) is 26.1 Å². The average molecular weight is 271 g/mol. The van der Waals surface area contributed by atoms with Gasteiger partial charge in [-0.05, 0) is 26.3 Å². The van der Waals surface area contributed by atoms with Gasteiger partial charge in [0.05, 0.1) is 5.60 Å². The van der Waals surface area contributed by atoms with Gasteiger partial charge in [0.2, 0.25) is 0 Å². The van der Waals surface area contributed by atoms with Crippen LogP contribution in [0.1, 0.15) is 65.7 Å². The lowest BCUT2D eigenvalue weighted by atomic mass is 9.83. The molecule has 0 spiro atoms. The van der Waals surface area contributed by atoms with Gasteiger partial charge in [-0.1, -0.05) is 33.1 Å². The van der Waals surface area contributed by atoms with E-state index >= 15 is 0 Å². The lowest BCUT2D eigenvalue weighted by Crippen LogP contribution is -2.55. The van der Waals surface area contributed by atoms with Crippen molar-refractivity contribution < 1.29 is 9.47 Å². The van der Waals surface area contributed by atoms with Gasteiger partial charge in [0.1, 0.15) is 0 Å². The molecule has 0 radical (unpaired) electrons. The summed E-state index contributed by atoms with van der Waals surface area (Å²) in [5.74, 6) is 0. The Kier molecular flexibility index (Phi) is 8.67. The zero-order valence-corrected chi connectivity index (χ0v) is 13.2. The van der Waals surface area contributed by atoms with Gasteiger partial charge in [-0.15, -0.1) is 0 Å². The Hall–Kier alpha value is -0.120. The van der Waals surface area contributed by atoms with Gasteiger partial charge in [-0.25, -0.2) is 0 Å². The number of nitrogens with one attached hydrogen (secondary N) is 1. The topological polar surface area (TPSA) is 30.5 Å². The Morgan fingerprint density at radius 2 is 1.84 bits per heavy atom. The summed E-state index contributed by atoms with van der Waals surface area (Å²) in [6.45, 7) is 10.2. The van der Waals surface area contributed by atoms with E-state index in [1.54, 1.807) is 0 Å². The molecule has 0 aliphatic carbocycles. The summed E-state index contributed by atoms with van der Waals surface area (Å²) in [4.78, 5) is 0. The molecule has 0 bridgehead atoms. The fourth-order valence-electron chi connectivity index (χ4n) is 3.07. The summed E-state index contributed by atoms with van der Waals surface area (Å²) < 4.78 is 11.8. The molecule has 0 aromatic rings. The first-order valence-corrected chi connectivity index (χ1v) is 8.24. The molecule has 1 rings (SSSR count). The van der Waals surface area contributed by atoms with Crippen LogP contribution in [0.2, 0.25) is 0 Å². The van der Waals surface area contributed by atoms with Gasteiger partial charge in [0.25, 0.3) is 0 Å². The molecule has 0 aromatic carbocycles. The van der Waals surface area contributed by atoms with Gasteiger partial charge < -0.3 is 14.8 Å². The molecule has 1 aliphatic rings. The molecule has 1 unspecified atom stereocenters. The molecule has 3 heteroatoms. The van der Waals surface area contributed by atoms with Crippen LogP contribution >= 0.6 is 0 Å². The maximum Gasteiger partial charge on any atom is 0.0878 e. The molecule has 0 aromatic heterocycles. The van der Waals surface area contributed by atoms with Crippen LogP contribution in [0.15, 0.2) is 0 Å². The molecule has 1 N–H and O–H groups in total. The average Bonchev–Trinajstić information content (AvgIpc) is 2.44. The van der Waals surface area contributed by atoms with E-state index in [4.69, 9.17) is 9.47 Å². The molecule has 0 amide bonds. The molecule has 0 saturated carbocycles. The molecule has 1 fully saturated rings. The van der Waals surface area contributed by atoms with Gasteiger partial charge in [-0.2, -0.15) is 0 Å². The number of ether oxygens (including phenoxy) is 2. The predicted octanol–water partition coefficient (Wildman–Crippen LogP) is 3.52. The standard InChI is InChI=1S/C16H33NO2/c1-4-7-8-9-15(17-12-5-2)16(19-6-3)10-13-18-14-11-16/h15,17H,4-14H2,1-3H3. The third kappa shape index (κ3) is 5.41. The van der Waals surface area contributed by atoms with E-state index < -0.39 is 0 Å². The van der Waals surface area contributed by atoms with Crippen molar-refractivity contribution in [3.63, 3.8) is 0 Å². The van der Waals surface area contributed by atoms with Gasteiger partial charge >= 0.3 is 0 Å². The SMILES string of the molecule is CCCCCC(NCCC)C1(OCC)CCOCC1. The van der Waals surface area contributed by atoms with E-state index in [1.807, 2.05) is 0 Å². The second-order valence-electron chi connectivity index (χ2n) is 5.61. The Labute approximate surface area is 119 Å². The highest BCUT2D eigenvalue weighted by Gasteiger charge is 2.40. The van der Waals surface area contributed by atoms with Gasteiger partial charge in [0, 0.05) is 38.7 Å². The molecule has 19 heavy (non-hydrogen) atoms. The zero-order chi connectivity index (χ0) is 14.0. The molecule has 1 saturated heterocycles. The van der Waals surface area contributed by atoms with Crippen LogP contribution in [0.4, 0.5) is 0 Å². The lowest BCUT2D eigenvalue weighted by Gasteiger charge is -2.43. The summed E-state index contributed by atoms with van der Waals surface area (Å²) in [6, 6.07) is 0.489. The number of hydrogen-bond acceptors (Lipinski definition) is 3. The van der Waals surface area contributed by atoms with E-state index in [9.17, 15) is 0 Å². The van der Waals surface area contributed by atoms with Crippen molar-refractivity contribution >= 4 is 0 Å². The maximum atomic E-state index is 6.22. The van der Waals surface area contributed by atoms with Gasteiger partial charge in [0.15, 0.2) is 0 Å². The smallest absolute Gasteiger partial charge is 0.0878 e. The van der Waals surface area contributed by atoms with Gasteiger partial charge in [-0.3, -0.25) is 0 Å². The predicted molar refractivity (Wildman–Crippen MR) is 80.6 cm³/mol. The fourth-order valence-corrected chi connectivity index (χ4v) is 3.07. The quantitative estimate of drug-likeness (QED) is 0.617. The molecular formula is C16H33NO2. The lowest BCUT2D eigenvalue weighted by molar-refractivity contribution is -0.128. The van der Waals surface area contributed by atoms with Crippen LogP contribution in [0, 0.1) is 0 Å². The van der Waals surface area contributed by atoms with Crippen LogP contribution in [-0.4, -0.2) is 38.0 Å². The van der Waals surface area contributed by atoms with Crippen molar-refractivity contribution in [2.24, 2.45) is 0 Å². The number of hydrogen-bond donors (Lipinski definition) is 1. The molecule has 1 heterocycles. The Bertz CT molecular complexity index is 209. The first kappa shape index (κ1) is 16.9. The molecule has 3 nitrogen and oxygen atoms in total. The van der Waals surface area contributed by atoms with E-state index in [0.717, 1.165) is 39.2 Å². The summed E-state index contributed by atoms with van der Waals surface area (Å²) in [5.41, 5.74) is 0.00983. The van der Waals surface area contributed by atoms with Crippen LogP contribution in [0.5, 0.6) is 0 Å². The maximum absolute atomic E-state index is 6.22. The van der Waals surface area contributed by atoms with E-state index in [-0.39, 0.29) is 5.60 Å². The van der Waals surface area contributed by atoms with Crippen molar-refractivity contribution in [2.45, 2.75) is 77.4 Å². The third-order valence-corrected chi connectivity index (χ3v) is 4.14. The number of rotatable bonds is 10. The minimum absolute atomic E-state index is 0.00983. The first-order valence-electron chi connectivity index (χ1n) is 8.24. The van der Waals surface area contributed by atoms with Crippen molar-refractivity contribution in [3.8, 4) is 0 Å². The second kappa shape index (κ2) is 9.73. The summed E-state index contributed by atoms with van der Waals surface area (Å²) in [5, 5.41) is 3.74. The second-order valence-corrected chi connectivity index (χ2v) is 5.61. The van der Waals surface area contributed by atoms with Crippen molar-refractivity contribution in [2.75, 3.05) is 26.4 Å². The Morgan fingerprint density at radius 1 is 1.11 bits per heavy atom. The minimum atomic E-state index is 0.00983. The highest BCUT2D eigenvalue weighted by molar-refractivity contribution is 4.95. The monoisotopic (exact) mass is 271 g/mol. The fraction of sp³-hybridized carbons (Fsp3) is 1.00. The highest BCUT2D eigenvalue weighted by Crippen LogP contribution is 2.31. The largest absolute Gasteiger partial charge is 0.381 e. The first-order chi connectivity index (χ1) is 9.29. The van der Waals surface area contributed by atoms with Crippen LogP contribution in [0.3, 0.4) is 0 Å². The third-order valence-electron chi connectivity index (χ3n) is 4.14. The normalized spacial score (nSPS) is 20.4. The van der Waals surface area contributed by atoms with E-state index in [0.29, 0.717) is 6.04 Å². The zero-order valence-electron chi connectivity index (χ0n) is 13.2. The van der Waals surface area contributed by atoms with Crippen LogP contribution in [-0.2, 0) is 9.47 Å². The van der Waals surface area contributed by atoms with E-state index in [1.165, 1.54) is 32.1 Å². The minimum Gasteiger partial charge on any atom is -0.381 e. The van der Waals surface area contributed by atoms with Crippen LogP contribution in [0.25, 0.3) is 0 Å². The summed E-state index contributed by atoms with van der Waals surface area (Å²) >= 11 is 0. The molecule has 114 valence electrons. The molecule has 1 atom stereocenters. The van der Waals surface area contributed by atoms with Crippen molar-refractivity contribution in [1.82, 2.24) is 5.32 Å². The highest BCUT2D eigenvalue weighted by atomic mass is 16.5. The van der Waals surface area contributed by atoms with Crippen molar-refractivity contribution in [1.29, 1.82) is 0 Å². The Balaban J connectivity index is 2.64. The number of unbranched alkanes of at least 4 members (excludes halogenated alkanes) is 2. The summed E-state index contributed by atoms with van der Waals surface area (Å²) in [7, 11) is 0. The molecule has 1 aliphatic heterocycles.